The molecular weight excluding hydrogens is 366 g/mol. The highest BCUT2D eigenvalue weighted by molar-refractivity contribution is 5.97. The number of aromatic nitrogens is 2. The maximum absolute atomic E-state index is 13.1. The van der Waals surface area contributed by atoms with Gasteiger partial charge in [-0.1, -0.05) is 29.8 Å². The van der Waals surface area contributed by atoms with Crippen molar-refractivity contribution in [2.24, 2.45) is 0 Å². The van der Waals surface area contributed by atoms with E-state index in [-0.39, 0.29) is 11.8 Å². The van der Waals surface area contributed by atoms with E-state index >= 15 is 0 Å². The van der Waals surface area contributed by atoms with E-state index in [2.05, 4.69) is 22.2 Å². The summed E-state index contributed by atoms with van der Waals surface area (Å²) in [6.45, 7) is 6.37. The number of hydrogen-bond acceptors (Lipinski definition) is 4. The predicted molar refractivity (Wildman–Crippen MR) is 111 cm³/mol. The van der Waals surface area contributed by atoms with Gasteiger partial charge in [-0.05, 0) is 38.8 Å². The Morgan fingerprint density at radius 2 is 1.76 bits per heavy atom. The number of piperazine rings is 1. The van der Waals surface area contributed by atoms with E-state index in [1.54, 1.807) is 0 Å². The molecule has 2 aliphatic rings. The van der Waals surface area contributed by atoms with Crippen molar-refractivity contribution < 1.29 is 9.59 Å². The lowest BCUT2D eigenvalue weighted by Crippen LogP contribution is -2.47. The van der Waals surface area contributed by atoms with Crippen molar-refractivity contribution in [3.63, 3.8) is 0 Å². The second-order valence-corrected chi connectivity index (χ2v) is 8.10. The first-order valence-electron chi connectivity index (χ1n) is 10.4. The summed E-state index contributed by atoms with van der Waals surface area (Å²) in [5.41, 5.74) is 3.62. The third kappa shape index (κ3) is 4.19. The molecule has 0 bridgehead atoms. The highest BCUT2D eigenvalue weighted by Gasteiger charge is 2.30. The number of imidazole rings is 1. The lowest BCUT2D eigenvalue weighted by atomic mass is 10.1. The van der Waals surface area contributed by atoms with E-state index in [1.165, 1.54) is 5.56 Å². The fraction of sp³-hybridized carbons (Fsp3) is 0.500. The molecule has 4 rings (SSSR count). The van der Waals surface area contributed by atoms with Gasteiger partial charge in [0.05, 0.1) is 5.69 Å². The minimum atomic E-state index is -0.217. The fourth-order valence-corrected chi connectivity index (χ4v) is 4.01. The molecular formula is C22H29N5O2. The fourth-order valence-electron chi connectivity index (χ4n) is 4.01. The minimum Gasteiger partial charge on any atom is -0.345 e. The van der Waals surface area contributed by atoms with E-state index in [0.29, 0.717) is 31.2 Å². The molecule has 2 aliphatic heterocycles. The Morgan fingerprint density at radius 1 is 1.03 bits per heavy atom. The van der Waals surface area contributed by atoms with Crippen LogP contribution >= 0.6 is 0 Å². The molecule has 1 N–H and O–H groups in total. The Bertz CT molecular complexity index is 895. The van der Waals surface area contributed by atoms with Crippen LogP contribution in [0.1, 0.15) is 50.8 Å². The molecule has 1 aromatic heterocycles. The maximum Gasteiger partial charge on any atom is 0.287 e. The third-order valence-corrected chi connectivity index (χ3v) is 5.89. The van der Waals surface area contributed by atoms with Crippen molar-refractivity contribution in [3.05, 3.63) is 52.6 Å². The van der Waals surface area contributed by atoms with Crippen molar-refractivity contribution >= 4 is 11.8 Å². The molecule has 0 saturated carbocycles. The number of amides is 2. The normalized spacial score (nSPS) is 17.1. The topological polar surface area (TPSA) is 70.5 Å². The highest BCUT2D eigenvalue weighted by atomic mass is 16.2. The third-order valence-electron chi connectivity index (χ3n) is 5.89. The molecule has 0 aliphatic carbocycles. The molecule has 2 aromatic rings. The van der Waals surface area contributed by atoms with Gasteiger partial charge >= 0.3 is 0 Å². The largest absolute Gasteiger partial charge is 0.345 e. The molecule has 1 fully saturated rings. The second-order valence-electron chi connectivity index (χ2n) is 8.10. The van der Waals surface area contributed by atoms with Gasteiger partial charge < -0.3 is 19.7 Å². The summed E-state index contributed by atoms with van der Waals surface area (Å²) in [5.74, 6) is 0.108. The monoisotopic (exact) mass is 395 g/mol. The number of rotatable bonds is 4. The summed E-state index contributed by atoms with van der Waals surface area (Å²) in [7, 11) is 2.07. The summed E-state index contributed by atoms with van der Waals surface area (Å²) in [5, 5.41) is 2.97. The lowest BCUT2D eigenvalue weighted by molar-refractivity contribution is 0.0657. The van der Waals surface area contributed by atoms with Crippen LogP contribution in [-0.2, 0) is 19.5 Å². The molecule has 1 saturated heterocycles. The number of hydrogen-bond donors (Lipinski definition) is 1. The predicted octanol–water partition coefficient (Wildman–Crippen LogP) is 1.85. The van der Waals surface area contributed by atoms with Crippen LogP contribution in [0.3, 0.4) is 0 Å². The molecule has 0 unspecified atom stereocenters. The minimum absolute atomic E-state index is 0.0404. The number of nitrogens with zero attached hydrogens (tertiary/aromatic N) is 4. The van der Waals surface area contributed by atoms with Crippen LogP contribution in [0.5, 0.6) is 0 Å². The zero-order valence-electron chi connectivity index (χ0n) is 17.3. The second kappa shape index (κ2) is 8.37. The molecule has 154 valence electrons. The van der Waals surface area contributed by atoms with Crippen LogP contribution in [0.25, 0.3) is 0 Å². The van der Waals surface area contributed by atoms with Crippen molar-refractivity contribution in [1.82, 2.24) is 24.7 Å². The van der Waals surface area contributed by atoms with Gasteiger partial charge in [0.25, 0.3) is 11.8 Å². The van der Waals surface area contributed by atoms with Crippen molar-refractivity contribution in [2.45, 2.75) is 39.3 Å². The number of benzene rings is 1. The van der Waals surface area contributed by atoms with Gasteiger partial charge in [0.15, 0.2) is 5.82 Å². The van der Waals surface area contributed by atoms with Crippen LogP contribution < -0.4 is 5.32 Å². The van der Waals surface area contributed by atoms with E-state index in [9.17, 15) is 9.59 Å². The molecule has 2 amide bonds. The number of aryl methyl sites for hydroxylation is 1. The molecule has 7 nitrogen and oxygen atoms in total. The van der Waals surface area contributed by atoms with Crippen LogP contribution in [0, 0.1) is 6.92 Å². The van der Waals surface area contributed by atoms with Crippen LogP contribution in [0.4, 0.5) is 0 Å². The van der Waals surface area contributed by atoms with E-state index in [0.717, 1.165) is 50.2 Å². The molecule has 1 aromatic carbocycles. The summed E-state index contributed by atoms with van der Waals surface area (Å²) in [6.07, 6.45) is 2.83. The average molecular weight is 396 g/mol. The van der Waals surface area contributed by atoms with Crippen molar-refractivity contribution in [1.29, 1.82) is 0 Å². The first-order chi connectivity index (χ1) is 14.0. The molecule has 3 heterocycles. The van der Waals surface area contributed by atoms with Gasteiger partial charge in [0.1, 0.15) is 5.69 Å². The summed E-state index contributed by atoms with van der Waals surface area (Å²) in [4.78, 5) is 34.7. The van der Waals surface area contributed by atoms with Crippen LogP contribution in [0.15, 0.2) is 24.3 Å². The number of likely N-dealkylation sites (N-methyl/N-ethyl adjacent to an activating group) is 1. The summed E-state index contributed by atoms with van der Waals surface area (Å²) >= 11 is 0. The first-order valence-corrected chi connectivity index (χ1v) is 10.4. The van der Waals surface area contributed by atoms with Gasteiger partial charge in [-0.3, -0.25) is 9.59 Å². The SMILES string of the molecule is Cc1ccc(CNC(=O)c2nc(C(=O)N3CCN(C)CC3)c3n2CCCC3)cc1. The Labute approximate surface area is 171 Å². The molecule has 29 heavy (non-hydrogen) atoms. The van der Waals surface area contributed by atoms with Crippen molar-refractivity contribution in [2.75, 3.05) is 33.2 Å². The van der Waals surface area contributed by atoms with E-state index in [1.807, 2.05) is 40.7 Å². The van der Waals surface area contributed by atoms with Gasteiger partial charge in [-0.15, -0.1) is 0 Å². The number of carbonyl (C=O) groups is 2. The Morgan fingerprint density at radius 3 is 2.48 bits per heavy atom. The molecule has 0 radical (unpaired) electrons. The maximum atomic E-state index is 13.1. The van der Waals surface area contributed by atoms with Crippen molar-refractivity contribution in [3.8, 4) is 0 Å². The molecule has 0 spiro atoms. The first kappa shape index (κ1) is 19.6. The highest BCUT2D eigenvalue weighted by Crippen LogP contribution is 2.23. The molecule has 7 heteroatoms. The van der Waals surface area contributed by atoms with Crippen LogP contribution in [0.2, 0.25) is 0 Å². The number of carbonyl (C=O) groups excluding carboxylic acids is 2. The van der Waals surface area contributed by atoms with Gasteiger partial charge in [-0.25, -0.2) is 4.98 Å². The summed E-state index contributed by atoms with van der Waals surface area (Å²) < 4.78 is 1.96. The zero-order valence-corrected chi connectivity index (χ0v) is 17.3. The van der Waals surface area contributed by atoms with Crippen LogP contribution in [-0.4, -0.2) is 64.4 Å². The number of nitrogens with one attached hydrogen (secondary N) is 1. The van der Waals surface area contributed by atoms with Gasteiger partial charge in [0.2, 0.25) is 0 Å². The van der Waals surface area contributed by atoms with E-state index < -0.39 is 0 Å². The quantitative estimate of drug-likeness (QED) is 0.858. The lowest BCUT2D eigenvalue weighted by Gasteiger charge is -2.32. The average Bonchev–Trinajstić information content (AvgIpc) is 3.13. The van der Waals surface area contributed by atoms with Gasteiger partial charge in [0, 0.05) is 39.3 Å². The standard InChI is InChI=1S/C22H29N5O2/c1-16-6-8-17(9-7-16)15-23-21(28)20-24-19(18-5-3-4-10-27(18)20)22(29)26-13-11-25(2)12-14-26/h6-9H,3-5,10-15H2,1-2H3,(H,23,28). The smallest absolute Gasteiger partial charge is 0.287 e. The Balaban J connectivity index is 1.53. The Hall–Kier alpha value is -2.67. The molecule has 0 atom stereocenters. The Kier molecular flexibility index (Phi) is 5.67. The number of fused-ring (bicyclic) bond motifs is 1. The van der Waals surface area contributed by atoms with E-state index in [4.69, 9.17) is 0 Å². The summed E-state index contributed by atoms with van der Waals surface area (Å²) in [6, 6.07) is 8.09. The zero-order chi connectivity index (χ0) is 20.4. The van der Waals surface area contributed by atoms with Gasteiger partial charge in [-0.2, -0.15) is 0 Å².